The molecule has 1 atom stereocenters. The summed E-state index contributed by atoms with van der Waals surface area (Å²) in [6.45, 7) is 7.22. The molecule has 0 aliphatic carbocycles. The predicted molar refractivity (Wildman–Crippen MR) is 82.3 cm³/mol. The molecule has 0 heterocycles. The fraction of sp³-hybridized carbons (Fsp3) is 0.500. The Morgan fingerprint density at radius 1 is 1.22 bits per heavy atom. The lowest BCUT2D eigenvalue weighted by atomic mass is 10.1. The number of aliphatic hydroxyl groups excluding tert-OH is 1. The van der Waals surface area contributed by atoms with Crippen LogP contribution in [0.2, 0.25) is 13.1 Å². The third-order valence-corrected chi connectivity index (χ3v) is 5.63. The van der Waals surface area contributed by atoms with Crippen molar-refractivity contribution in [1.82, 2.24) is 0 Å². The van der Waals surface area contributed by atoms with Crippen molar-refractivity contribution >= 4 is 8.07 Å². The first-order chi connectivity index (χ1) is 8.57. The molecule has 0 aromatic heterocycles. The van der Waals surface area contributed by atoms with Crippen molar-refractivity contribution in [2.75, 3.05) is 6.61 Å². The van der Waals surface area contributed by atoms with Gasteiger partial charge in [0.2, 0.25) is 0 Å². The van der Waals surface area contributed by atoms with E-state index in [0.29, 0.717) is 5.92 Å². The minimum atomic E-state index is -1.34. The van der Waals surface area contributed by atoms with Gasteiger partial charge in [-0.05, 0) is 18.4 Å². The minimum Gasteiger partial charge on any atom is -0.396 e. The Labute approximate surface area is 113 Å². The molecular formula is C16H26OSi. The molecule has 1 N–H and O–H groups in total. The first kappa shape index (κ1) is 15.2. The maximum Gasteiger partial charge on any atom is 0.0756 e. The van der Waals surface area contributed by atoms with Crippen LogP contribution in [0.25, 0.3) is 0 Å². The topological polar surface area (TPSA) is 20.2 Å². The second-order valence-electron chi connectivity index (χ2n) is 5.74. The SMILES string of the molecule is CCCC(/C=C\[Si](C)(C)Cc1ccccc1)CO. The summed E-state index contributed by atoms with van der Waals surface area (Å²) in [6.07, 6.45) is 4.47. The molecule has 1 unspecified atom stereocenters. The number of hydrogen-bond acceptors (Lipinski definition) is 1. The fourth-order valence-corrected chi connectivity index (χ4v) is 4.40. The van der Waals surface area contributed by atoms with Crippen LogP contribution < -0.4 is 0 Å². The summed E-state index contributed by atoms with van der Waals surface area (Å²) in [5, 5.41) is 9.31. The van der Waals surface area contributed by atoms with Crippen molar-refractivity contribution in [3.8, 4) is 0 Å². The van der Waals surface area contributed by atoms with Gasteiger partial charge >= 0.3 is 0 Å². The molecule has 0 saturated heterocycles. The van der Waals surface area contributed by atoms with Crippen LogP contribution in [0.5, 0.6) is 0 Å². The zero-order valence-corrected chi connectivity index (χ0v) is 12.9. The predicted octanol–water partition coefficient (Wildman–Crippen LogP) is 3.98. The summed E-state index contributed by atoms with van der Waals surface area (Å²) in [7, 11) is -1.34. The number of benzene rings is 1. The van der Waals surface area contributed by atoms with E-state index in [1.807, 2.05) is 0 Å². The Hall–Kier alpha value is -0.863. The average Bonchev–Trinajstić information content (AvgIpc) is 2.35. The van der Waals surface area contributed by atoms with E-state index in [2.05, 4.69) is 62.1 Å². The summed E-state index contributed by atoms with van der Waals surface area (Å²) in [4.78, 5) is 0. The molecule has 0 fully saturated rings. The van der Waals surface area contributed by atoms with Crippen molar-refractivity contribution in [3.05, 3.63) is 47.7 Å². The molecular weight excluding hydrogens is 236 g/mol. The van der Waals surface area contributed by atoms with E-state index >= 15 is 0 Å². The molecule has 0 aliphatic rings. The van der Waals surface area contributed by atoms with Gasteiger partial charge in [-0.25, -0.2) is 0 Å². The van der Waals surface area contributed by atoms with Crippen molar-refractivity contribution in [2.45, 2.75) is 38.9 Å². The molecule has 0 aliphatic heterocycles. The van der Waals surface area contributed by atoms with Gasteiger partial charge in [0, 0.05) is 6.61 Å². The summed E-state index contributed by atoms with van der Waals surface area (Å²) in [6, 6.07) is 11.9. The maximum atomic E-state index is 9.31. The second kappa shape index (κ2) is 7.55. The average molecular weight is 262 g/mol. The van der Waals surface area contributed by atoms with Gasteiger partial charge in [-0.3, -0.25) is 0 Å². The molecule has 1 aromatic carbocycles. The Bertz CT molecular complexity index is 357. The highest BCUT2D eigenvalue weighted by Gasteiger charge is 2.17. The molecule has 1 nitrogen and oxygen atoms in total. The molecule has 0 radical (unpaired) electrons. The number of hydrogen-bond donors (Lipinski definition) is 1. The van der Waals surface area contributed by atoms with E-state index in [9.17, 15) is 5.11 Å². The molecule has 0 spiro atoms. The van der Waals surface area contributed by atoms with E-state index in [1.54, 1.807) is 0 Å². The number of rotatable bonds is 7. The van der Waals surface area contributed by atoms with Crippen molar-refractivity contribution in [3.63, 3.8) is 0 Å². The third kappa shape index (κ3) is 5.65. The third-order valence-electron chi connectivity index (χ3n) is 3.22. The van der Waals surface area contributed by atoms with Gasteiger partial charge in [-0.1, -0.05) is 74.1 Å². The van der Waals surface area contributed by atoms with Gasteiger partial charge in [0.25, 0.3) is 0 Å². The first-order valence-corrected chi connectivity index (χ1v) is 10.2. The molecule has 0 saturated carbocycles. The highest BCUT2D eigenvalue weighted by Crippen LogP contribution is 2.16. The Kier molecular flexibility index (Phi) is 6.37. The van der Waals surface area contributed by atoms with E-state index in [1.165, 1.54) is 11.6 Å². The van der Waals surface area contributed by atoms with Crippen molar-refractivity contribution in [2.24, 2.45) is 5.92 Å². The lowest BCUT2D eigenvalue weighted by molar-refractivity contribution is 0.245. The second-order valence-corrected chi connectivity index (χ2v) is 10.4. The summed E-state index contributed by atoms with van der Waals surface area (Å²) < 4.78 is 0. The molecule has 0 amide bonds. The van der Waals surface area contributed by atoms with Crippen molar-refractivity contribution < 1.29 is 5.11 Å². The van der Waals surface area contributed by atoms with Crippen LogP contribution in [-0.4, -0.2) is 19.8 Å². The molecule has 1 aromatic rings. The van der Waals surface area contributed by atoms with Gasteiger partial charge in [0.05, 0.1) is 8.07 Å². The quantitative estimate of drug-likeness (QED) is 0.737. The van der Waals surface area contributed by atoms with Gasteiger partial charge in [-0.15, -0.1) is 0 Å². The zero-order chi connectivity index (χ0) is 13.4. The highest BCUT2D eigenvalue weighted by molar-refractivity contribution is 6.81. The molecule has 100 valence electrons. The molecule has 18 heavy (non-hydrogen) atoms. The van der Waals surface area contributed by atoms with Gasteiger partial charge < -0.3 is 5.11 Å². The van der Waals surface area contributed by atoms with Gasteiger partial charge in [-0.2, -0.15) is 0 Å². The van der Waals surface area contributed by atoms with E-state index in [0.717, 1.165) is 12.8 Å². The lowest BCUT2D eigenvalue weighted by Gasteiger charge is -2.19. The fourth-order valence-electron chi connectivity index (χ4n) is 2.20. The first-order valence-electron chi connectivity index (χ1n) is 6.91. The number of aliphatic hydroxyl groups is 1. The summed E-state index contributed by atoms with van der Waals surface area (Å²) >= 11 is 0. The van der Waals surface area contributed by atoms with E-state index < -0.39 is 8.07 Å². The van der Waals surface area contributed by atoms with Crippen LogP contribution in [-0.2, 0) is 6.04 Å². The molecule has 2 heteroatoms. The van der Waals surface area contributed by atoms with Crippen LogP contribution in [0.1, 0.15) is 25.3 Å². The van der Waals surface area contributed by atoms with Crippen molar-refractivity contribution in [1.29, 1.82) is 0 Å². The van der Waals surface area contributed by atoms with Crippen LogP contribution in [0.4, 0.5) is 0 Å². The van der Waals surface area contributed by atoms with Gasteiger partial charge in [0.1, 0.15) is 0 Å². The van der Waals surface area contributed by atoms with Gasteiger partial charge in [0.15, 0.2) is 0 Å². The maximum absolute atomic E-state index is 9.31. The van der Waals surface area contributed by atoms with Crippen LogP contribution in [0.15, 0.2) is 42.1 Å². The van der Waals surface area contributed by atoms with E-state index in [-0.39, 0.29) is 6.61 Å². The van der Waals surface area contributed by atoms with Crippen LogP contribution >= 0.6 is 0 Å². The van der Waals surface area contributed by atoms with E-state index in [4.69, 9.17) is 0 Å². The highest BCUT2D eigenvalue weighted by atomic mass is 28.3. The summed E-state index contributed by atoms with van der Waals surface area (Å²) in [5.74, 6) is 0.345. The lowest BCUT2D eigenvalue weighted by Crippen LogP contribution is -2.27. The molecule has 0 bridgehead atoms. The standard InChI is InChI=1S/C16H26OSi/c1-4-8-15(13-17)11-12-18(2,3)14-16-9-6-5-7-10-16/h5-7,9-12,15,17H,4,8,13-14H2,1-3H3/b12-11-. The Morgan fingerprint density at radius 2 is 1.89 bits per heavy atom. The van der Waals surface area contributed by atoms with Crippen LogP contribution in [0, 0.1) is 5.92 Å². The summed E-state index contributed by atoms with van der Waals surface area (Å²) in [5.41, 5.74) is 3.83. The Balaban J connectivity index is 2.60. The smallest absolute Gasteiger partial charge is 0.0756 e. The normalized spacial score (nSPS) is 14.0. The Morgan fingerprint density at radius 3 is 2.44 bits per heavy atom. The largest absolute Gasteiger partial charge is 0.396 e. The minimum absolute atomic E-state index is 0.278. The monoisotopic (exact) mass is 262 g/mol. The van der Waals surface area contributed by atoms with Crippen LogP contribution in [0.3, 0.4) is 0 Å². The zero-order valence-electron chi connectivity index (χ0n) is 11.9. The molecule has 1 rings (SSSR count).